The van der Waals surface area contributed by atoms with Crippen molar-refractivity contribution in [1.82, 2.24) is 14.5 Å². The van der Waals surface area contributed by atoms with Crippen LogP contribution in [0.5, 0.6) is 0 Å². The molecule has 1 aliphatic heterocycles. The molecule has 0 aromatic rings. The molecule has 100 valence electrons. The molecule has 0 spiro atoms. The van der Waals surface area contributed by atoms with Crippen molar-refractivity contribution < 1.29 is 13.2 Å². The highest BCUT2D eigenvalue weighted by Crippen LogP contribution is 2.03. The van der Waals surface area contributed by atoms with E-state index in [0.29, 0.717) is 39.3 Å². The average Bonchev–Trinajstić information content (AvgIpc) is 2.26. The molecule has 0 bridgehead atoms. The minimum atomic E-state index is -3.59. The Balaban J connectivity index is 2.30. The van der Waals surface area contributed by atoms with Crippen LogP contribution in [0.3, 0.4) is 0 Å². The number of hydrogen-bond acceptors (Lipinski definition) is 4. The number of carbonyl (C=O) groups is 1. The van der Waals surface area contributed by atoms with Crippen LogP contribution >= 0.6 is 0 Å². The Labute approximate surface area is 102 Å². The van der Waals surface area contributed by atoms with Crippen LogP contribution in [0.4, 0.5) is 0 Å². The zero-order valence-corrected chi connectivity index (χ0v) is 10.9. The summed E-state index contributed by atoms with van der Waals surface area (Å²) in [6, 6.07) is 0. The smallest absolute Gasteiger partial charge is 0.276 e. The quantitative estimate of drug-likeness (QED) is 0.621. The molecule has 8 heteroatoms. The van der Waals surface area contributed by atoms with Crippen LogP contribution in [0.25, 0.3) is 0 Å². The number of hydrogen-bond donors (Lipinski definition) is 2. The van der Waals surface area contributed by atoms with Crippen LogP contribution in [-0.2, 0) is 15.0 Å². The SMILES string of the molecule is CCCNC(=O)CN1CCN(S(N)(=O)=O)CC1. The molecule has 0 unspecified atom stereocenters. The molecule has 1 saturated heterocycles. The first-order valence-corrected chi connectivity index (χ1v) is 7.20. The van der Waals surface area contributed by atoms with Gasteiger partial charge in [-0.05, 0) is 6.42 Å². The number of carbonyl (C=O) groups excluding carboxylic acids is 1. The third-order valence-electron chi connectivity index (χ3n) is 2.63. The Morgan fingerprint density at radius 2 is 1.88 bits per heavy atom. The standard InChI is InChI=1S/C9H20N4O3S/c1-2-3-11-9(14)8-12-4-6-13(7-5-12)17(10,15)16/h2-8H2,1H3,(H,11,14)(H2,10,15,16). The molecule has 1 rings (SSSR count). The van der Waals surface area contributed by atoms with Gasteiger partial charge < -0.3 is 5.32 Å². The normalized spacial score (nSPS) is 19.2. The lowest BCUT2D eigenvalue weighted by Crippen LogP contribution is -2.52. The molecule has 0 saturated carbocycles. The second-order valence-electron chi connectivity index (χ2n) is 4.07. The lowest BCUT2D eigenvalue weighted by atomic mass is 10.3. The Kier molecular flexibility index (Phi) is 5.31. The Bertz CT molecular complexity index is 349. The molecule has 0 aromatic heterocycles. The maximum Gasteiger partial charge on any atom is 0.276 e. The summed E-state index contributed by atoms with van der Waals surface area (Å²) < 4.78 is 23.4. The van der Waals surface area contributed by atoms with Gasteiger partial charge in [-0.2, -0.15) is 12.7 Å². The molecule has 1 aliphatic rings. The minimum Gasteiger partial charge on any atom is -0.355 e. The summed E-state index contributed by atoms with van der Waals surface area (Å²) in [7, 11) is -3.59. The number of nitrogens with two attached hydrogens (primary N) is 1. The third-order valence-corrected chi connectivity index (χ3v) is 3.72. The van der Waals surface area contributed by atoms with E-state index in [2.05, 4.69) is 5.32 Å². The molecule has 0 aliphatic carbocycles. The fraction of sp³-hybridized carbons (Fsp3) is 0.889. The van der Waals surface area contributed by atoms with Gasteiger partial charge in [0.25, 0.3) is 10.2 Å². The fourth-order valence-corrected chi connectivity index (χ4v) is 2.34. The summed E-state index contributed by atoms with van der Waals surface area (Å²) in [4.78, 5) is 13.4. The predicted octanol–water partition coefficient (Wildman–Crippen LogP) is -1.67. The Morgan fingerprint density at radius 3 is 2.35 bits per heavy atom. The van der Waals surface area contributed by atoms with Crippen LogP contribution in [0.1, 0.15) is 13.3 Å². The fourth-order valence-electron chi connectivity index (χ4n) is 1.67. The Hall–Kier alpha value is -0.700. The van der Waals surface area contributed by atoms with E-state index in [1.165, 1.54) is 4.31 Å². The highest BCUT2D eigenvalue weighted by Gasteiger charge is 2.24. The van der Waals surface area contributed by atoms with Crippen molar-refractivity contribution in [1.29, 1.82) is 0 Å². The summed E-state index contributed by atoms with van der Waals surface area (Å²) in [6.07, 6.45) is 0.908. The van der Waals surface area contributed by atoms with Crippen LogP contribution in [0.2, 0.25) is 0 Å². The van der Waals surface area contributed by atoms with Crippen molar-refractivity contribution in [3.8, 4) is 0 Å². The largest absolute Gasteiger partial charge is 0.355 e. The van der Waals surface area contributed by atoms with Crippen molar-refractivity contribution in [3.05, 3.63) is 0 Å². The van der Waals surface area contributed by atoms with Gasteiger partial charge in [0.1, 0.15) is 0 Å². The third kappa shape index (κ3) is 4.99. The van der Waals surface area contributed by atoms with E-state index >= 15 is 0 Å². The molecule has 7 nitrogen and oxygen atoms in total. The molecule has 0 atom stereocenters. The number of nitrogens with one attached hydrogen (secondary N) is 1. The van der Waals surface area contributed by atoms with Gasteiger partial charge >= 0.3 is 0 Å². The maximum absolute atomic E-state index is 11.4. The van der Waals surface area contributed by atoms with E-state index < -0.39 is 10.2 Å². The van der Waals surface area contributed by atoms with Gasteiger partial charge in [-0.3, -0.25) is 9.69 Å². The van der Waals surface area contributed by atoms with E-state index in [9.17, 15) is 13.2 Å². The monoisotopic (exact) mass is 264 g/mol. The topological polar surface area (TPSA) is 95.7 Å². The van der Waals surface area contributed by atoms with Crippen molar-refractivity contribution in [2.75, 3.05) is 39.3 Å². The average molecular weight is 264 g/mol. The molecule has 3 N–H and O–H groups in total. The summed E-state index contributed by atoms with van der Waals surface area (Å²) in [5.74, 6) is -0.0177. The maximum atomic E-state index is 11.4. The van der Waals surface area contributed by atoms with Gasteiger partial charge in [0, 0.05) is 32.7 Å². The van der Waals surface area contributed by atoms with Crippen molar-refractivity contribution in [3.63, 3.8) is 0 Å². The van der Waals surface area contributed by atoms with E-state index in [-0.39, 0.29) is 5.91 Å². The van der Waals surface area contributed by atoms with Crippen LogP contribution in [-0.4, -0.2) is 62.8 Å². The second-order valence-corrected chi connectivity index (χ2v) is 5.62. The van der Waals surface area contributed by atoms with Gasteiger partial charge in [-0.15, -0.1) is 0 Å². The molecule has 0 radical (unpaired) electrons. The van der Waals surface area contributed by atoms with Crippen LogP contribution < -0.4 is 10.5 Å². The molecule has 0 aromatic carbocycles. The molecule has 1 fully saturated rings. The summed E-state index contributed by atoms with van der Waals surface area (Å²) in [6.45, 7) is 4.76. The molecule has 1 heterocycles. The van der Waals surface area contributed by atoms with E-state index in [4.69, 9.17) is 5.14 Å². The molecule has 1 amide bonds. The first-order valence-electron chi connectivity index (χ1n) is 5.70. The van der Waals surface area contributed by atoms with Gasteiger partial charge in [-0.25, -0.2) is 5.14 Å². The first kappa shape index (κ1) is 14.4. The number of amides is 1. The van der Waals surface area contributed by atoms with Crippen molar-refractivity contribution >= 4 is 16.1 Å². The van der Waals surface area contributed by atoms with Crippen LogP contribution in [0, 0.1) is 0 Å². The van der Waals surface area contributed by atoms with Gasteiger partial charge in [-0.1, -0.05) is 6.92 Å². The summed E-state index contributed by atoms with van der Waals surface area (Å²) >= 11 is 0. The van der Waals surface area contributed by atoms with E-state index in [0.717, 1.165) is 6.42 Å². The van der Waals surface area contributed by atoms with E-state index in [1.54, 1.807) is 0 Å². The highest BCUT2D eigenvalue weighted by molar-refractivity contribution is 7.86. The zero-order valence-electron chi connectivity index (χ0n) is 10.1. The molecule has 17 heavy (non-hydrogen) atoms. The van der Waals surface area contributed by atoms with Crippen LogP contribution in [0.15, 0.2) is 0 Å². The van der Waals surface area contributed by atoms with Gasteiger partial charge in [0.05, 0.1) is 6.54 Å². The predicted molar refractivity (Wildman–Crippen MR) is 64.4 cm³/mol. The second kappa shape index (κ2) is 6.29. The number of nitrogens with zero attached hydrogens (tertiary/aromatic N) is 2. The lowest BCUT2D eigenvalue weighted by molar-refractivity contribution is -0.122. The molecular weight excluding hydrogens is 244 g/mol. The summed E-state index contributed by atoms with van der Waals surface area (Å²) in [5, 5.41) is 7.81. The van der Waals surface area contributed by atoms with Crippen molar-refractivity contribution in [2.24, 2.45) is 5.14 Å². The van der Waals surface area contributed by atoms with Gasteiger partial charge in [0.15, 0.2) is 0 Å². The lowest BCUT2D eigenvalue weighted by Gasteiger charge is -2.32. The van der Waals surface area contributed by atoms with Crippen molar-refractivity contribution in [2.45, 2.75) is 13.3 Å². The first-order chi connectivity index (χ1) is 7.93. The molecular formula is C9H20N4O3S. The Morgan fingerprint density at radius 1 is 1.29 bits per heavy atom. The number of rotatable bonds is 5. The zero-order chi connectivity index (χ0) is 12.9. The minimum absolute atomic E-state index is 0.0177. The van der Waals surface area contributed by atoms with E-state index in [1.807, 2.05) is 11.8 Å². The van der Waals surface area contributed by atoms with Gasteiger partial charge in [0.2, 0.25) is 5.91 Å². The number of piperazine rings is 1. The summed E-state index contributed by atoms with van der Waals surface area (Å²) in [5.41, 5.74) is 0. The highest BCUT2D eigenvalue weighted by atomic mass is 32.2.